The lowest BCUT2D eigenvalue weighted by Crippen LogP contribution is -2.41. The van der Waals surface area contributed by atoms with E-state index in [0.717, 1.165) is 23.8 Å². The second kappa shape index (κ2) is 10.5. The molecule has 1 aliphatic rings. The van der Waals surface area contributed by atoms with Gasteiger partial charge in [-0.25, -0.2) is 17.5 Å². The maximum absolute atomic E-state index is 13.1. The van der Waals surface area contributed by atoms with Crippen molar-refractivity contribution < 1.29 is 35.5 Å². The lowest BCUT2D eigenvalue weighted by Gasteiger charge is -2.29. The van der Waals surface area contributed by atoms with E-state index in [0.29, 0.717) is 25.7 Å². The number of hydrogen-bond donors (Lipinski definition) is 2. The number of amides is 1. The van der Waals surface area contributed by atoms with Crippen LogP contribution in [0.1, 0.15) is 44.2 Å². The third kappa shape index (κ3) is 7.07. The highest BCUT2D eigenvalue weighted by molar-refractivity contribution is 7.89. The second-order valence-electron chi connectivity index (χ2n) is 8.09. The van der Waals surface area contributed by atoms with Crippen molar-refractivity contribution in [2.45, 2.75) is 55.9 Å². The van der Waals surface area contributed by atoms with Gasteiger partial charge in [0, 0.05) is 12.0 Å². The van der Waals surface area contributed by atoms with E-state index in [2.05, 4.69) is 14.8 Å². The van der Waals surface area contributed by atoms with Crippen molar-refractivity contribution in [3.05, 3.63) is 58.9 Å². The Morgan fingerprint density at radius 2 is 1.71 bits per heavy atom. The molecule has 0 saturated heterocycles. The molecular formula is C22H23ClF4N2O4S. The van der Waals surface area contributed by atoms with Gasteiger partial charge in [0.15, 0.2) is 0 Å². The molecule has 186 valence electrons. The molecule has 0 aromatic heterocycles. The summed E-state index contributed by atoms with van der Waals surface area (Å²) in [5.74, 6) is -1.52. The number of carbonyl (C=O) groups excluding carboxylic acids is 1. The number of halogens is 5. The normalized spacial score (nSPS) is 19.9. The average Bonchev–Trinajstić information content (AvgIpc) is 2.75. The monoisotopic (exact) mass is 522 g/mol. The number of alkyl halides is 3. The Bertz CT molecular complexity index is 1120. The van der Waals surface area contributed by atoms with Gasteiger partial charge in [-0.1, -0.05) is 23.7 Å². The predicted octanol–water partition coefficient (Wildman–Crippen LogP) is 5.09. The number of rotatable bonds is 7. The standard InChI is InChI=1S/C22H23ClF4N2O4S/c1-13(14-2-6-16(24)7-3-14)28-21(30)15-4-8-17(9-5-15)29-34(31,32)18-10-11-20(19(23)12-18)33-22(25,26)27/h2-3,6-7,10-13,15,17,29H,4-5,8-9H2,1H3,(H,28,30)/t13-,15-,17-/m1/s1. The van der Waals surface area contributed by atoms with Gasteiger partial charge < -0.3 is 10.1 Å². The van der Waals surface area contributed by atoms with Crippen LogP contribution in [-0.4, -0.2) is 26.7 Å². The zero-order chi connectivity index (χ0) is 25.1. The van der Waals surface area contributed by atoms with E-state index in [9.17, 15) is 30.8 Å². The maximum Gasteiger partial charge on any atom is 0.573 e. The Labute approximate surface area is 199 Å². The van der Waals surface area contributed by atoms with Crippen molar-refractivity contribution >= 4 is 27.5 Å². The third-order valence-corrected chi connectivity index (χ3v) is 7.40. The summed E-state index contributed by atoms with van der Waals surface area (Å²) in [6, 6.07) is 7.80. The second-order valence-corrected chi connectivity index (χ2v) is 10.2. The molecule has 1 aliphatic carbocycles. The first-order valence-electron chi connectivity index (χ1n) is 10.5. The lowest BCUT2D eigenvalue weighted by atomic mass is 9.85. The molecule has 0 heterocycles. The van der Waals surface area contributed by atoms with Gasteiger partial charge >= 0.3 is 6.36 Å². The van der Waals surface area contributed by atoms with Crippen LogP contribution < -0.4 is 14.8 Å². The summed E-state index contributed by atoms with van der Waals surface area (Å²) < 4.78 is 81.8. The molecule has 2 aromatic rings. The van der Waals surface area contributed by atoms with Crippen molar-refractivity contribution in [3.8, 4) is 5.75 Å². The van der Waals surface area contributed by atoms with Gasteiger partial charge in [-0.2, -0.15) is 0 Å². The van der Waals surface area contributed by atoms with Crippen LogP contribution in [0.5, 0.6) is 5.75 Å². The summed E-state index contributed by atoms with van der Waals surface area (Å²) >= 11 is 5.75. The van der Waals surface area contributed by atoms with E-state index in [4.69, 9.17) is 11.6 Å². The van der Waals surface area contributed by atoms with Crippen molar-refractivity contribution in [2.24, 2.45) is 5.92 Å². The lowest BCUT2D eigenvalue weighted by molar-refractivity contribution is -0.274. The number of sulfonamides is 1. The van der Waals surface area contributed by atoms with Crippen LogP contribution in [0, 0.1) is 11.7 Å². The fourth-order valence-corrected chi connectivity index (χ4v) is 5.40. The minimum absolute atomic E-state index is 0.162. The SMILES string of the molecule is C[C@@H](NC(=O)[C@H]1CC[C@H](NS(=O)(=O)c2ccc(OC(F)(F)F)c(Cl)c2)CC1)c1ccc(F)cc1. The first-order valence-corrected chi connectivity index (χ1v) is 12.3. The molecule has 0 radical (unpaired) electrons. The molecular weight excluding hydrogens is 500 g/mol. The Morgan fingerprint density at radius 3 is 2.26 bits per heavy atom. The van der Waals surface area contributed by atoms with Crippen molar-refractivity contribution in [2.75, 3.05) is 0 Å². The zero-order valence-corrected chi connectivity index (χ0v) is 19.6. The van der Waals surface area contributed by atoms with Gasteiger partial charge in [0.05, 0.1) is 16.0 Å². The van der Waals surface area contributed by atoms with Crippen LogP contribution >= 0.6 is 11.6 Å². The molecule has 1 saturated carbocycles. The third-order valence-electron chi connectivity index (χ3n) is 5.59. The minimum atomic E-state index is -4.95. The molecule has 0 bridgehead atoms. The number of benzene rings is 2. The number of ether oxygens (including phenoxy) is 1. The van der Waals surface area contributed by atoms with Crippen molar-refractivity contribution in [1.82, 2.24) is 10.0 Å². The molecule has 0 aliphatic heterocycles. The Hall–Kier alpha value is -2.37. The molecule has 0 spiro atoms. The van der Waals surface area contributed by atoms with E-state index >= 15 is 0 Å². The molecule has 1 amide bonds. The highest BCUT2D eigenvalue weighted by atomic mass is 35.5. The topological polar surface area (TPSA) is 84.5 Å². The smallest absolute Gasteiger partial charge is 0.404 e. The average molecular weight is 523 g/mol. The molecule has 1 atom stereocenters. The Morgan fingerprint density at radius 1 is 1.09 bits per heavy atom. The summed E-state index contributed by atoms with van der Waals surface area (Å²) in [4.78, 5) is 12.3. The Balaban J connectivity index is 1.54. The van der Waals surface area contributed by atoms with Crippen LogP contribution in [0.25, 0.3) is 0 Å². The molecule has 2 N–H and O–H groups in total. The molecule has 34 heavy (non-hydrogen) atoms. The van der Waals surface area contributed by atoms with E-state index < -0.39 is 33.2 Å². The fourth-order valence-electron chi connectivity index (χ4n) is 3.78. The van der Waals surface area contributed by atoms with E-state index in [-0.39, 0.29) is 28.6 Å². The Kier molecular flexibility index (Phi) is 8.10. The highest BCUT2D eigenvalue weighted by Gasteiger charge is 2.33. The summed E-state index contributed by atoms with van der Waals surface area (Å²) in [5, 5.41) is 2.41. The van der Waals surface area contributed by atoms with Crippen molar-refractivity contribution in [3.63, 3.8) is 0 Å². The van der Waals surface area contributed by atoms with Gasteiger partial charge in [0.2, 0.25) is 15.9 Å². The summed E-state index contributed by atoms with van der Waals surface area (Å²) in [7, 11) is -4.04. The van der Waals surface area contributed by atoms with E-state index in [1.54, 1.807) is 19.1 Å². The number of hydrogen-bond acceptors (Lipinski definition) is 4. The van der Waals surface area contributed by atoms with Crippen LogP contribution in [0.15, 0.2) is 47.4 Å². The quantitative estimate of drug-likeness (QED) is 0.496. The largest absolute Gasteiger partial charge is 0.573 e. The van der Waals surface area contributed by atoms with Crippen LogP contribution in [-0.2, 0) is 14.8 Å². The molecule has 1 fully saturated rings. The predicted molar refractivity (Wildman–Crippen MR) is 117 cm³/mol. The van der Waals surface area contributed by atoms with Crippen LogP contribution in [0.3, 0.4) is 0 Å². The van der Waals surface area contributed by atoms with Crippen LogP contribution in [0.2, 0.25) is 5.02 Å². The highest BCUT2D eigenvalue weighted by Crippen LogP contribution is 2.32. The van der Waals surface area contributed by atoms with Gasteiger partial charge in [0.25, 0.3) is 0 Å². The fraction of sp³-hybridized carbons (Fsp3) is 0.409. The minimum Gasteiger partial charge on any atom is -0.404 e. The molecule has 2 aromatic carbocycles. The molecule has 0 unspecified atom stereocenters. The summed E-state index contributed by atoms with van der Waals surface area (Å²) in [6.45, 7) is 1.79. The van der Waals surface area contributed by atoms with Gasteiger partial charge in [-0.05, 0) is 68.5 Å². The first-order chi connectivity index (χ1) is 15.8. The van der Waals surface area contributed by atoms with Gasteiger partial charge in [-0.3, -0.25) is 4.79 Å². The van der Waals surface area contributed by atoms with E-state index in [1.165, 1.54) is 12.1 Å². The van der Waals surface area contributed by atoms with E-state index in [1.807, 2.05) is 0 Å². The first kappa shape index (κ1) is 26.2. The zero-order valence-electron chi connectivity index (χ0n) is 18.0. The molecule has 6 nitrogen and oxygen atoms in total. The molecule has 12 heteroatoms. The molecule has 3 rings (SSSR count). The van der Waals surface area contributed by atoms with Gasteiger partial charge in [-0.15, -0.1) is 13.2 Å². The van der Waals surface area contributed by atoms with Gasteiger partial charge in [0.1, 0.15) is 11.6 Å². The summed E-state index contributed by atoms with van der Waals surface area (Å²) in [5.41, 5.74) is 0.765. The van der Waals surface area contributed by atoms with Crippen molar-refractivity contribution in [1.29, 1.82) is 0 Å². The van der Waals surface area contributed by atoms with Crippen LogP contribution in [0.4, 0.5) is 17.6 Å². The number of carbonyl (C=O) groups is 1. The maximum atomic E-state index is 13.1. The number of nitrogens with one attached hydrogen (secondary N) is 2. The summed E-state index contributed by atoms with van der Waals surface area (Å²) in [6.07, 6.45) is -3.23.